The van der Waals surface area contributed by atoms with Crippen LogP contribution in [0.1, 0.15) is 50.8 Å². The van der Waals surface area contributed by atoms with E-state index in [0.717, 1.165) is 24.5 Å². The van der Waals surface area contributed by atoms with Crippen LogP contribution in [-0.4, -0.2) is 17.8 Å². The van der Waals surface area contributed by atoms with Crippen LogP contribution in [0.15, 0.2) is 29.8 Å². The molecule has 5 nitrogen and oxygen atoms in total. The largest absolute Gasteiger partial charge is 0.461 e. The minimum atomic E-state index is -0.522. The molecule has 0 aliphatic carbocycles. The van der Waals surface area contributed by atoms with Crippen molar-refractivity contribution in [1.29, 1.82) is 0 Å². The number of amides is 2. The number of ether oxygens (including phenoxy) is 1. The Balaban J connectivity index is 2.05. The summed E-state index contributed by atoms with van der Waals surface area (Å²) in [5, 5.41) is 2.12. The molecule has 140 valence electrons. The lowest BCUT2D eigenvalue weighted by Gasteiger charge is -2.15. The molecule has 0 saturated carbocycles. The van der Waals surface area contributed by atoms with E-state index in [1.807, 2.05) is 0 Å². The highest BCUT2D eigenvalue weighted by molar-refractivity contribution is 6.17. The molecular weight excluding hydrogens is 330 g/mol. The normalized spacial score (nSPS) is 14.0. The molecule has 2 rings (SSSR count). The van der Waals surface area contributed by atoms with E-state index in [1.165, 1.54) is 11.1 Å². The lowest BCUT2D eigenvalue weighted by molar-refractivity contribution is -0.144. The van der Waals surface area contributed by atoms with Crippen LogP contribution in [0, 0.1) is 11.8 Å². The van der Waals surface area contributed by atoms with Crippen LogP contribution in [0.4, 0.5) is 0 Å². The van der Waals surface area contributed by atoms with E-state index in [4.69, 9.17) is 4.74 Å². The summed E-state index contributed by atoms with van der Waals surface area (Å²) in [5.41, 5.74) is 3.55. The topological polar surface area (TPSA) is 72.5 Å². The van der Waals surface area contributed by atoms with Gasteiger partial charge in [0.1, 0.15) is 6.61 Å². The van der Waals surface area contributed by atoms with Crippen LogP contribution in [0.25, 0.3) is 0 Å². The average Bonchev–Trinajstić information content (AvgIpc) is 2.83. The maximum Gasteiger partial charge on any atom is 0.310 e. The second-order valence-electron chi connectivity index (χ2n) is 7.62. The summed E-state index contributed by atoms with van der Waals surface area (Å²) in [6.45, 7) is 8.82. The zero-order valence-corrected chi connectivity index (χ0v) is 15.9. The van der Waals surface area contributed by atoms with Gasteiger partial charge in [-0.25, -0.2) is 0 Å². The molecule has 1 N–H and O–H groups in total. The van der Waals surface area contributed by atoms with Crippen LogP contribution in [0.3, 0.4) is 0 Å². The van der Waals surface area contributed by atoms with Gasteiger partial charge >= 0.3 is 5.97 Å². The molecule has 2 amide bonds. The summed E-state index contributed by atoms with van der Waals surface area (Å²) >= 11 is 0. The summed E-state index contributed by atoms with van der Waals surface area (Å²) in [6.07, 6.45) is 2.84. The van der Waals surface area contributed by atoms with E-state index in [9.17, 15) is 14.4 Å². The van der Waals surface area contributed by atoms with Gasteiger partial charge in [0.15, 0.2) is 0 Å². The van der Waals surface area contributed by atoms with Gasteiger partial charge in [0.2, 0.25) is 0 Å². The molecule has 1 aliphatic rings. The molecule has 1 aliphatic heterocycles. The first-order chi connectivity index (χ1) is 12.2. The molecule has 0 bridgehead atoms. The highest BCUT2D eigenvalue weighted by Crippen LogP contribution is 2.20. The Labute approximate surface area is 154 Å². The van der Waals surface area contributed by atoms with Crippen molar-refractivity contribution in [1.82, 2.24) is 5.32 Å². The van der Waals surface area contributed by atoms with Gasteiger partial charge in [-0.1, -0.05) is 45.9 Å². The molecule has 1 aromatic carbocycles. The van der Waals surface area contributed by atoms with Gasteiger partial charge in [-0.15, -0.1) is 0 Å². The molecule has 5 heteroatoms. The maximum atomic E-state index is 12.1. The summed E-state index contributed by atoms with van der Waals surface area (Å²) in [6, 6.07) is 6.37. The van der Waals surface area contributed by atoms with E-state index >= 15 is 0 Å². The SMILES string of the molecule is CC(C)Cc1ccc(CC(C)C)c(COC(=O)CC2=CC(=O)NC2=O)c1. The molecule has 0 radical (unpaired) electrons. The predicted octanol–water partition coefficient (Wildman–Crippen LogP) is 3.10. The fourth-order valence-electron chi connectivity index (χ4n) is 3.00. The van der Waals surface area contributed by atoms with Crippen LogP contribution in [0.2, 0.25) is 0 Å². The van der Waals surface area contributed by atoms with E-state index in [2.05, 4.69) is 51.2 Å². The van der Waals surface area contributed by atoms with Crippen molar-refractivity contribution in [2.45, 2.75) is 53.6 Å². The monoisotopic (exact) mass is 357 g/mol. The van der Waals surface area contributed by atoms with Gasteiger partial charge in [-0.2, -0.15) is 0 Å². The number of nitrogens with one attached hydrogen (secondary N) is 1. The highest BCUT2D eigenvalue weighted by atomic mass is 16.5. The number of benzene rings is 1. The lowest BCUT2D eigenvalue weighted by atomic mass is 9.94. The smallest absolute Gasteiger partial charge is 0.310 e. The molecule has 1 aromatic rings. The molecule has 0 atom stereocenters. The molecule has 0 spiro atoms. The molecule has 0 fully saturated rings. The van der Waals surface area contributed by atoms with E-state index in [1.54, 1.807) is 0 Å². The Morgan fingerprint density at radius 1 is 1.04 bits per heavy atom. The third-order valence-electron chi connectivity index (χ3n) is 4.10. The fraction of sp³-hybridized carbons (Fsp3) is 0.476. The number of esters is 1. The highest BCUT2D eigenvalue weighted by Gasteiger charge is 2.23. The quantitative estimate of drug-likeness (QED) is 0.573. The Bertz CT molecular complexity index is 732. The third kappa shape index (κ3) is 5.83. The number of carbonyl (C=O) groups is 3. The lowest BCUT2D eigenvalue weighted by Crippen LogP contribution is -2.23. The standard InChI is InChI=1S/C21H27NO4/c1-13(2)7-15-5-6-16(8-14(3)4)18(9-15)12-26-20(24)11-17-10-19(23)22-21(17)25/h5-6,9-10,13-14H,7-8,11-12H2,1-4H3,(H,22,23,25). The molecule has 0 aromatic heterocycles. The number of hydrogen-bond acceptors (Lipinski definition) is 4. The van der Waals surface area contributed by atoms with Crippen molar-refractivity contribution in [3.8, 4) is 0 Å². The summed E-state index contributed by atoms with van der Waals surface area (Å²) in [5.74, 6) is -0.471. The van der Waals surface area contributed by atoms with Crippen molar-refractivity contribution in [3.63, 3.8) is 0 Å². The van der Waals surface area contributed by atoms with Crippen molar-refractivity contribution >= 4 is 17.8 Å². The van der Waals surface area contributed by atoms with Crippen LogP contribution in [-0.2, 0) is 38.6 Å². The number of carbonyl (C=O) groups excluding carboxylic acids is 3. The average molecular weight is 357 g/mol. The van der Waals surface area contributed by atoms with Gasteiger partial charge in [0, 0.05) is 11.6 Å². The van der Waals surface area contributed by atoms with E-state index in [0.29, 0.717) is 11.8 Å². The summed E-state index contributed by atoms with van der Waals surface area (Å²) in [7, 11) is 0. The summed E-state index contributed by atoms with van der Waals surface area (Å²) in [4.78, 5) is 34.7. The van der Waals surface area contributed by atoms with Crippen molar-refractivity contribution in [2.24, 2.45) is 11.8 Å². The number of hydrogen-bond donors (Lipinski definition) is 1. The number of rotatable bonds is 8. The van der Waals surface area contributed by atoms with Crippen LogP contribution >= 0.6 is 0 Å². The maximum absolute atomic E-state index is 12.1. The van der Waals surface area contributed by atoms with Crippen LogP contribution in [0.5, 0.6) is 0 Å². The Hall–Kier alpha value is -2.43. The first kappa shape index (κ1) is 19.9. The van der Waals surface area contributed by atoms with E-state index in [-0.39, 0.29) is 18.6 Å². The number of imide groups is 1. The second-order valence-corrected chi connectivity index (χ2v) is 7.62. The van der Waals surface area contributed by atoms with Crippen molar-refractivity contribution < 1.29 is 19.1 Å². The third-order valence-corrected chi connectivity index (χ3v) is 4.10. The van der Waals surface area contributed by atoms with Gasteiger partial charge < -0.3 is 4.74 Å². The summed E-state index contributed by atoms with van der Waals surface area (Å²) < 4.78 is 5.38. The first-order valence-electron chi connectivity index (χ1n) is 9.06. The molecule has 1 heterocycles. The molecular formula is C21H27NO4. The van der Waals surface area contributed by atoms with Crippen molar-refractivity contribution in [3.05, 3.63) is 46.5 Å². The van der Waals surface area contributed by atoms with E-state index < -0.39 is 17.8 Å². The Kier molecular flexibility index (Phi) is 6.72. The van der Waals surface area contributed by atoms with Gasteiger partial charge in [0.25, 0.3) is 11.8 Å². The Morgan fingerprint density at radius 2 is 1.73 bits per heavy atom. The van der Waals surface area contributed by atoms with Gasteiger partial charge in [-0.05, 0) is 41.4 Å². The van der Waals surface area contributed by atoms with Crippen molar-refractivity contribution in [2.75, 3.05) is 0 Å². The molecule has 0 saturated heterocycles. The zero-order valence-electron chi connectivity index (χ0n) is 15.9. The fourth-order valence-corrected chi connectivity index (χ4v) is 3.00. The second kappa shape index (κ2) is 8.79. The van der Waals surface area contributed by atoms with Gasteiger partial charge in [0.05, 0.1) is 6.42 Å². The minimum absolute atomic E-state index is 0.149. The minimum Gasteiger partial charge on any atom is -0.461 e. The van der Waals surface area contributed by atoms with Gasteiger partial charge in [-0.3, -0.25) is 19.7 Å². The first-order valence-corrected chi connectivity index (χ1v) is 9.06. The molecule has 26 heavy (non-hydrogen) atoms. The predicted molar refractivity (Wildman–Crippen MR) is 99.2 cm³/mol. The Morgan fingerprint density at radius 3 is 2.31 bits per heavy atom. The molecule has 0 unspecified atom stereocenters. The van der Waals surface area contributed by atoms with Crippen LogP contribution < -0.4 is 5.32 Å². The zero-order chi connectivity index (χ0) is 19.3.